The summed E-state index contributed by atoms with van der Waals surface area (Å²) in [6.07, 6.45) is 0. The molecule has 0 nitrogen and oxygen atoms in total. The minimum atomic E-state index is 1.20. The highest BCUT2D eigenvalue weighted by atomic mass is 14.2. The molecule has 0 radical (unpaired) electrons. The Labute approximate surface area is 326 Å². The summed E-state index contributed by atoms with van der Waals surface area (Å²) in [5.74, 6) is 0. The average molecular weight is 709 g/mol. The summed E-state index contributed by atoms with van der Waals surface area (Å²) >= 11 is 0. The predicted molar refractivity (Wildman–Crippen MR) is 241 cm³/mol. The Morgan fingerprint density at radius 1 is 0.161 bits per heavy atom. The van der Waals surface area contributed by atoms with Crippen molar-refractivity contribution in [2.24, 2.45) is 0 Å². The lowest BCUT2D eigenvalue weighted by molar-refractivity contribution is 1.61. The molecule has 0 fully saturated rings. The Morgan fingerprint density at radius 3 is 1.09 bits per heavy atom. The molecular formula is C56H36. The smallest absolute Gasteiger partial charge is 0.00259 e. The van der Waals surface area contributed by atoms with Crippen molar-refractivity contribution in [2.75, 3.05) is 0 Å². The van der Waals surface area contributed by atoms with Gasteiger partial charge in [0.1, 0.15) is 0 Å². The van der Waals surface area contributed by atoms with Gasteiger partial charge in [-0.25, -0.2) is 0 Å². The van der Waals surface area contributed by atoms with Gasteiger partial charge in [0.25, 0.3) is 0 Å². The average Bonchev–Trinajstić information content (AvgIpc) is 3.27. The van der Waals surface area contributed by atoms with Crippen LogP contribution in [0.25, 0.3) is 109 Å². The monoisotopic (exact) mass is 708 g/mol. The zero-order chi connectivity index (χ0) is 37.0. The molecule has 0 saturated carbocycles. The van der Waals surface area contributed by atoms with E-state index in [1.807, 2.05) is 0 Å². The van der Waals surface area contributed by atoms with Crippen LogP contribution in [0.4, 0.5) is 0 Å². The van der Waals surface area contributed by atoms with Gasteiger partial charge in [0.2, 0.25) is 0 Å². The molecule has 0 amide bonds. The minimum absolute atomic E-state index is 1.20. The van der Waals surface area contributed by atoms with E-state index in [0.717, 1.165) is 0 Å². The second-order valence-electron chi connectivity index (χ2n) is 14.9. The second-order valence-corrected chi connectivity index (χ2v) is 14.9. The van der Waals surface area contributed by atoms with Crippen molar-refractivity contribution in [1.29, 1.82) is 0 Å². The molecule has 0 unspecified atom stereocenters. The van der Waals surface area contributed by atoms with Crippen molar-refractivity contribution in [3.8, 4) is 55.6 Å². The first-order chi connectivity index (χ1) is 27.7. The number of hydrogen-bond donors (Lipinski definition) is 0. The highest BCUT2D eigenvalue weighted by Gasteiger charge is 2.18. The molecule has 0 aliphatic carbocycles. The number of benzene rings is 11. The number of hydrogen-bond acceptors (Lipinski definition) is 0. The lowest BCUT2D eigenvalue weighted by atomic mass is 9.84. The molecule has 0 aromatic heterocycles. The first-order valence-electron chi connectivity index (χ1n) is 19.4. The van der Waals surface area contributed by atoms with Crippen LogP contribution in [0.15, 0.2) is 218 Å². The van der Waals surface area contributed by atoms with Crippen molar-refractivity contribution in [3.63, 3.8) is 0 Å². The molecule has 0 N–H and O–H groups in total. The summed E-state index contributed by atoms with van der Waals surface area (Å²) in [6.45, 7) is 0. The minimum Gasteiger partial charge on any atom is -0.0616 e. The topological polar surface area (TPSA) is 0 Å². The summed E-state index contributed by atoms with van der Waals surface area (Å²) in [5.41, 5.74) is 12.3. The van der Waals surface area contributed by atoms with Crippen LogP contribution in [-0.4, -0.2) is 0 Å². The molecule has 0 saturated heterocycles. The van der Waals surface area contributed by atoms with E-state index in [2.05, 4.69) is 218 Å². The fourth-order valence-corrected chi connectivity index (χ4v) is 8.77. The standard InChI is InChI=1S/C56H36/c1-4-13-42-32-47(27-22-37(42)10-1)40-20-25-41(26-21-40)55-51-18-7-8-19-52(51)56(50-29-24-39-12-3-6-15-44(39)35-50)54-36-49(30-31-53(54)55)46-17-9-16-45(34-46)48-28-23-38-11-2-5-14-43(38)33-48/h1-36H. The quantitative estimate of drug-likeness (QED) is 0.156. The summed E-state index contributed by atoms with van der Waals surface area (Å²) < 4.78 is 0. The normalized spacial score (nSPS) is 11.6. The SMILES string of the molecule is c1cc(-c2ccc3ccccc3c2)cc(-c2ccc3c(-c4ccc(-c5ccc6ccccc6c5)cc4)c4ccccc4c(-c4ccc5ccccc5c4)c3c2)c1. The molecule has 0 heteroatoms. The fraction of sp³-hybridized carbons (Fsp3) is 0. The fourth-order valence-electron chi connectivity index (χ4n) is 8.77. The molecule has 0 aliphatic rings. The first kappa shape index (κ1) is 32.2. The zero-order valence-corrected chi connectivity index (χ0v) is 30.8. The second kappa shape index (κ2) is 13.2. The molecule has 11 aromatic carbocycles. The number of rotatable bonds is 5. The van der Waals surface area contributed by atoms with Gasteiger partial charge in [-0.1, -0.05) is 188 Å². The van der Waals surface area contributed by atoms with Gasteiger partial charge in [0.05, 0.1) is 0 Å². The molecular weight excluding hydrogens is 673 g/mol. The molecule has 0 heterocycles. The number of fused-ring (bicyclic) bond motifs is 5. The van der Waals surface area contributed by atoms with Crippen molar-refractivity contribution in [2.45, 2.75) is 0 Å². The third-order valence-electron chi connectivity index (χ3n) is 11.6. The van der Waals surface area contributed by atoms with Crippen LogP contribution >= 0.6 is 0 Å². The Bertz CT molecular complexity index is 3290. The van der Waals surface area contributed by atoms with Crippen LogP contribution in [0.3, 0.4) is 0 Å². The maximum Gasteiger partial charge on any atom is -0.00259 e. The van der Waals surface area contributed by atoms with Crippen molar-refractivity contribution < 1.29 is 0 Å². The van der Waals surface area contributed by atoms with Crippen LogP contribution in [-0.2, 0) is 0 Å². The lowest BCUT2D eigenvalue weighted by Crippen LogP contribution is -1.92. The molecule has 0 bridgehead atoms. The Morgan fingerprint density at radius 2 is 0.518 bits per heavy atom. The molecule has 0 atom stereocenters. The maximum absolute atomic E-state index is 2.43. The van der Waals surface area contributed by atoms with Gasteiger partial charge in [-0.2, -0.15) is 0 Å². The molecule has 11 aromatic rings. The van der Waals surface area contributed by atoms with Gasteiger partial charge in [-0.15, -0.1) is 0 Å². The van der Waals surface area contributed by atoms with Gasteiger partial charge in [-0.3, -0.25) is 0 Å². The van der Waals surface area contributed by atoms with E-state index >= 15 is 0 Å². The van der Waals surface area contributed by atoms with Gasteiger partial charge >= 0.3 is 0 Å². The van der Waals surface area contributed by atoms with E-state index in [1.54, 1.807) is 0 Å². The van der Waals surface area contributed by atoms with E-state index in [4.69, 9.17) is 0 Å². The van der Waals surface area contributed by atoms with E-state index in [0.29, 0.717) is 0 Å². The maximum atomic E-state index is 2.43. The Hall–Kier alpha value is -7.28. The predicted octanol–water partition coefficient (Wildman–Crippen LogP) is 15.8. The Balaban J connectivity index is 1.11. The summed E-state index contributed by atoms with van der Waals surface area (Å²) in [4.78, 5) is 0. The van der Waals surface area contributed by atoms with Gasteiger partial charge in [0.15, 0.2) is 0 Å². The highest BCUT2D eigenvalue weighted by molar-refractivity contribution is 6.22. The van der Waals surface area contributed by atoms with E-state index in [1.165, 1.54) is 109 Å². The summed E-state index contributed by atoms with van der Waals surface area (Å²) in [5, 5.41) is 12.5. The molecule has 11 rings (SSSR count). The molecule has 56 heavy (non-hydrogen) atoms. The van der Waals surface area contributed by atoms with E-state index in [-0.39, 0.29) is 0 Å². The summed E-state index contributed by atoms with van der Waals surface area (Å²) in [6, 6.07) is 80.5. The first-order valence-corrected chi connectivity index (χ1v) is 19.4. The molecule has 260 valence electrons. The van der Waals surface area contributed by atoms with Crippen LogP contribution in [0.5, 0.6) is 0 Å². The van der Waals surface area contributed by atoms with Crippen molar-refractivity contribution in [1.82, 2.24) is 0 Å². The van der Waals surface area contributed by atoms with Gasteiger partial charge < -0.3 is 0 Å². The van der Waals surface area contributed by atoms with Crippen molar-refractivity contribution in [3.05, 3.63) is 218 Å². The van der Waals surface area contributed by atoms with Crippen LogP contribution in [0.2, 0.25) is 0 Å². The molecule has 0 aliphatic heterocycles. The van der Waals surface area contributed by atoms with Crippen LogP contribution < -0.4 is 0 Å². The van der Waals surface area contributed by atoms with Crippen molar-refractivity contribution >= 4 is 53.9 Å². The third kappa shape index (κ3) is 5.54. The van der Waals surface area contributed by atoms with Crippen LogP contribution in [0, 0.1) is 0 Å². The zero-order valence-electron chi connectivity index (χ0n) is 30.8. The van der Waals surface area contributed by atoms with E-state index in [9.17, 15) is 0 Å². The third-order valence-corrected chi connectivity index (χ3v) is 11.6. The largest absolute Gasteiger partial charge is 0.0616 e. The van der Waals surface area contributed by atoms with Gasteiger partial charge in [0, 0.05) is 0 Å². The summed E-state index contributed by atoms with van der Waals surface area (Å²) in [7, 11) is 0. The van der Waals surface area contributed by atoms with Gasteiger partial charge in [-0.05, 0) is 140 Å². The van der Waals surface area contributed by atoms with E-state index < -0.39 is 0 Å². The van der Waals surface area contributed by atoms with Crippen LogP contribution in [0.1, 0.15) is 0 Å². The Kier molecular flexibility index (Phi) is 7.60. The highest BCUT2D eigenvalue weighted by Crippen LogP contribution is 2.46. The lowest BCUT2D eigenvalue weighted by Gasteiger charge is -2.19. The molecule has 0 spiro atoms.